The smallest absolute Gasteiger partial charge is 0.417 e. The van der Waals surface area contributed by atoms with Crippen LogP contribution in [0.4, 0.5) is 13.2 Å². The van der Waals surface area contributed by atoms with Crippen molar-refractivity contribution < 1.29 is 22.7 Å². The Bertz CT molecular complexity index is 708. The van der Waals surface area contributed by atoms with E-state index in [1.165, 1.54) is 12.1 Å². The Morgan fingerprint density at radius 3 is 2.04 bits per heavy atom. The first kappa shape index (κ1) is 19.0. The molecule has 0 amide bonds. The number of carbonyl (C=O) groups is 1. The van der Waals surface area contributed by atoms with Gasteiger partial charge >= 0.3 is 12.1 Å². The minimum absolute atomic E-state index is 0.0443. The lowest BCUT2D eigenvalue weighted by molar-refractivity contribution is -0.138. The van der Waals surface area contributed by atoms with E-state index in [-0.39, 0.29) is 11.8 Å². The van der Waals surface area contributed by atoms with Crippen molar-refractivity contribution in [1.29, 1.82) is 0 Å². The molecule has 2 rings (SSSR count). The zero-order valence-electron chi connectivity index (χ0n) is 14.4. The van der Waals surface area contributed by atoms with Gasteiger partial charge < -0.3 is 4.74 Å². The standard InChI is InChI=1S/C20H21F3O2/c1-13(2)18(14(3)15-9-5-4-6-10-15)25-19(24)16-11-7-8-12-17(16)20(21,22)23/h4-14,18H,1-3H3. The number of esters is 1. The third-order valence-corrected chi connectivity index (χ3v) is 4.17. The Morgan fingerprint density at radius 2 is 1.48 bits per heavy atom. The average Bonchev–Trinajstić information content (AvgIpc) is 2.58. The van der Waals surface area contributed by atoms with Gasteiger partial charge in [0.05, 0.1) is 11.1 Å². The van der Waals surface area contributed by atoms with Crippen LogP contribution >= 0.6 is 0 Å². The van der Waals surface area contributed by atoms with Crippen molar-refractivity contribution in [3.8, 4) is 0 Å². The normalized spacial score (nSPS) is 14.2. The van der Waals surface area contributed by atoms with Gasteiger partial charge in [-0.1, -0.05) is 63.2 Å². The molecule has 0 fully saturated rings. The monoisotopic (exact) mass is 350 g/mol. The summed E-state index contributed by atoms with van der Waals surface area (Å²) in [6, 6.07) is 14.2. The van der Waals surface area contributed by atoms with Gasteiger partial charge in [0.1, 0.15) is 6.10 Å². The topological polar surface area (TPSA) is 26.3 Å². The van der Waals surface area contributed by atoms with Crippen molar-refractivity contribution in [2.24, 2.45) is 5.92 Å². The van der Waals surface area contributed by atoms with Crippen LogP contribution in [0.5, 0.6) is 0 Å². The fourth-order valence-corrected chi connectivity index (χ4v) is 2.86. The van der Waals surface area contributed by atoms with Gasteiger partial charge in [0.2, 0.25) is 0 Å². The molecule has 0 aromatic heterocycles. The molecular weight excluding hydrogens is 329 g/mol. The number of alkyl halides is 3. The Morgan fingerprint density at radius 1 is 0.920 bits per heavy atom. The second-order valence-corrected chi connectivity index (χ2v) is 6.36. The molecule has 0 heterocycles. The van der Waals surface area contributed by atoms with Gasteiger partial charge in [0, 0.05) is 5.92 Å². The van der Waals surface area contributed by atoms with Gasteiger partial charge in [-0.2, -0.15) is 13.2 Å². The molecule has 5 heteroatoms. The molecule has 0 spiro atoms. The molecule has 0 aliphatic heterocycles. The van der Waals surface area contributed by atoms with Crippen LogP contribution in [0.25, 0.3) is 0 Å². The lowest BCUT2D eigenvalue weighted by Gasteiger charge is -2.28. The van der Waals surface area contributed by atoms with E-state index < -0.39 is 29.4 Å². The third kappa shape index (κ3) is 4.62. The molecule has 2 aromatic rings. The first-order valence-electron chi connectivity index (χ1n) is 8.14. The van der Waals surface area contributed by atoms with Crippen LogP contribution in [-0.2, 0) is 10.9 Å². The van der Waals surface area contributed by atoms with Crippen molar-refractivity contribution in [3.05, 3.63) is 71.3 Å². The van der Waals surface area contributed by atoms with Gasteiger partial charge in [-0.05, 0) is 23.6 Å². The van der Waals surface area contributed by atoms with E-state index in [1.807, 2.05) is 51.1 Å². The molecule has 2 atom stereocenters. The fourth-order valence-electron chi connectivity index (χ4n) is 2.86. The molecule has 0 saturated heterocycles. The zero-order chi connectivity index (χ0) is 18.6. The van der Waals surface area contributed by atoms with E-state index in [0.29, 0.717) is 0 Å². The fraction of sp³-hybridized carbons (Fsp3) is 0.350. The van der Waals surface area contributed by atoms with Crippen LogP contribution in [0.15, 0.2) is 54.6 Å². The second-order valence-electron chi connectivity index (χ2n) is 6.36. The van der Waals surface area contributed by atoms with E-state index in [0.717, 1.165) is 17.7 Å². The predicted molar refractivity (Wildman–Crippen MR) is 90.3 cm³/mol. The molecule has 0 radical (unpaired) electrons. The average molecular weight is 350 g/mol. The highest BCUT2D eigenvalue weighted by Gasteiger charge is 2.36. The maximum absolute atomic E-state index is 13.1. The second kappa shape index (κ2) is 7.72. The van der Waals surface area contributed by atoms with Crippen LogP contribution in [0.3, 0.4) is 0 Å². The lowest BCUT2D eigenvalue weighted by atomic mass is 9.88. The van der Waals surface area contributed by atoms with Gasteiger partial charge in [-0.25, -0.2) is 4.79 Å². The van der Waals surface area contributed by atoms with E-state index >= 15 is 0 Å². The Balaban J connectivity index is 2.28. The minimum Gasteiger partial charge on any atom is -0.458 e. The molecule has 2 nitrogen and oxygen atoms in total. The SMILES string of the molecule is CC(C)C(OC(=O)c1ccccc1C(F)(F)F)C(C)c1ccccc1. The van der Waals surface area contributed by atoms with Gasteiger partial charge in [0.15, 0.2) is 0 Å². The van der Waals surface area contributed by atoms with Gasteiger partial charge in [-0.15, -0.1) is 0 Å². The molecule has 2 unspecified atom stereocenters. The summed E-state index contributed by atoms with van der Waals surface area (Å²) in [7, 11) is 0. The molecule has 0 aliphatic carbocycles. The number of hydrogen-bond donors (Lipinski definition) is 0. The van der Waals surface area contributed by atoms with Crippen LogP contribution in [0.2, 0.25) is 0 Å². The van der Waals surface area contributed by atoms with Gasteiger partial charge in [0.25, 0.3) is 0 Å². The number of ether oxygens (including phenoxy) is 1. The highest BCUT2D eigenvalue weighted by atomic mass is 19.4. The van der Waals surface area contributed by atoms with E-state index in [2.05, 4.69) is 0 Å². The maximum atomic E-state index is 13.1. The van der Waals surface area contributed by atoms with Crippen molar-refractivity contribution >= 4 is 5.97 Å². The van der Waals surface area contributed by atoms with Crippen LogP contribution in [0.1, 0.15) is 48.2 Å². The Labute approximate surface area is 145 Å². The number of rotatable bonds is 5. The van der Waals surface area contributed by atoms with Crippen molar-refractivity contribution in [3.63, 3.8) is 0 Å². The van der Waals surface area contributed by atoms with E-state index in [4.69, 9.17) is 4.74 Å². The molecule has 0 N–H and O–H groups in total. The summed E-state index contributed by atoms with van der Waals surface area (Å²) in [5, 5.41) is 0. The summed E-state index contributed by atoms with van der Waals surface area (Å²) in [6.07, 6.45) is -5.13. The summed E-state index contributed by atoms with van der Waals surface area (Å²) in [5.41, 5.74) is -0.464. The minimum atomic E-state index is -4.60. The molecule has 0 bridgehead atoms. The number of carbonyl (C=O) groups excluding carboxylic acids is 1. The molecule has 25 heavy (non-hydrogen) atoms. The largest absolute Gasteiger partial charge is 0.458 e. The summed E-state index contributed by atoms with van der Waals surface area (Å²) in [4.78, 5) is 12.4. The summed E-state index contributed by atoms with van der Waals surface area (Å²) < 4.78 is 44.9. The highest BCUT2D eigenvalue weighted by molar-refractivity contribution is 5.91. The quantitative estimate of drug-likeness (QED) is 0.648. The summed E-state index contributed by atoms with van der Waals surface area (Å²) in [5.74, 6) is -1.13. The first-order chi connectivity index (χ1) is 11.7. The highest BCUT2D eigenvalue weighted by Crippen LogP contribution is 2.33. The molecule has 134 valence electrons. The molecule has 2 aromatic carbocycles. The van der Waals surface area contributed by atoms with Crippen LogP contribution in [-0.4, -0.2) is 12.1 Å². The number of benzene rings is 2. The predicted octanol–water partition coefficient (Wildman–Crippen LogP) is 5.69. The van der Waals surface area contributed by atoms with E-state index in [9.17, 15) is 18.0 Å². The van der Waals surface area contributed by atoms with Crippen molar-refractivity contribution in [2.75, 3.05) is 0 Å². The molecule has 0 aliphatic rings. The van der Waals surface area contributed by atoms with Crippen LogP contribution in [0, 0.1) is 5.92 Å². The van der Waals surface area contributed by atoms with Gasteiger partial charge in [-0.3, -0.25) is 0 Å². The Hall–Kier alpha value is -2.30. The van der Waals surface area contributed by atoms with Crippen molar-refractivity contribution in [2.45, 2.75) is 39.0 Å². The summed E-state index contributed by atoms with van der Waals surface area (Å²) in [6.45, 7) is 5.67. The summed E-state index contributed by atoms with van der Waals surface area (Å²) >= 11 is 0. The van der Waals surface area contributed by atoms with Crippen LogP contribution < -0.4 is 0 Å². The molecular formula is C20H21F3O2. The van der Waals surface area contributed by atoms with Crippen molar-refractivity contribution in [1.82, 2.24) is 0 Å². The maximum Gasteiger partial charge on any atom is 0.417 e. The van der Waals surface area contributed by atoms with E-state index in [1.54, 1.807) is 0 Å². The molecule has 0 saturated carbocycles. The first-order valence-corrected chi connectivity index (χ1v) is 8.14. The number of halogens is 3. The Kier molecular flexibility index (Phi) is 5.88. The third-order valence-electron chi connectivity index (χ3n) is 4.17. The lowest BCUT2D eigenvalue weighted by Crippen LogP contribution is -2.30. The number of hydrogen-bond acceptors (Lipinski definition) is 2. The zero-order valence-corrected chi connectivity index (χ0v) is 14.4.